The molecule has 1 amide bonds. The van der Waals surface area contributed by atoms with Crippen molar-refractivity contribution in [2.75, 3.05) is 5.32 Å². The summed E-state index contributed by atoms with van der Waals surface area (Å²) in [6.45, 7) is 3.60. The molecule has 0 bridgehead atoms. The van der Waals surface area contributed by atoms with Crippen LogP contribution in [0.25, 0.3) is 0 Å². The zero-order valence-electron chi connectivity index (χ0n) is 17.0. The minimum Gasteiger partial charge on any atom is -0.482 e. The fourth-order valence-corrected chi connectivity index (χ4v) is 3.84. The number of aromatic nitrogens is 3. The largest absolute Gasteiger partial charge is 0.482 e. The summed E-state index contributed by atoms with van der Waals surface area (Å²) in [5, 5.41) is 2.62. The first-order valence-corrected chi connectivity index (χ1v) is 9.86. The molecule has 162 valence electrons. The van der Waals surface area contributed by atoms with Gasteiger partial charge in [0.05, 0.1) is 23.4 Å². The Bertz CT molecular complexity index is 1050. The molecular weight excluding hydrogens is 409 g/mol. The number of hydrogen-bond donors (Lipinski definition) is 1. The molecule has 2 aliphatic rings. The average molecular weight is 430 g/mol. The zero-order chi connectivity index (χ0) is 22.2. The summed E-state index contributed by atoms with van der Waals surface area (Å²) in [4.78, 5) is 25.2. The first-order chi connectivity index (χ1) is 14.7. The molecular formula is C22H21F3N4O2. The Morgan fingerprint density at radius 2 is 2.00 bits per heavy atom. The number of pyridine rings is 1. The van der Waals surface area contributed by atoms with E-state index in [2.05, 4.69) is 20.3 Å². The van der Waals surface area contributed by atoms with E-state index in [1.807, 2.05) is 31.2 Å². The summed E-state index contributed by atoms with van der Waals surface area (Å²) in [5.41, 5.74) is -0.970. The van der Waals surface area contributed by atoms with Crippen LogP contribution in [0.1, 0.15) is 29.9 Å². The molecule has 4 rings (SSSR count). The number of rotatable bonds is 5. The van der Waals surface area contributed by atoms with Gasteiger partial charge in [0.2, 0.25) is 5.91 Å². The van der Waals surface area contributed by atoms with Crippen LogP contribution >= 0.6 is 0 Å². The second-order valence-corrected chi connectivity index (χ2v) is 7.75. The first kappa shape index (κ1) is 21.0. The van der Waals surface area contributed by atoms with Gasteiger partial charge in [0.25, 0.3) is 0 Å². The molecule has 2 aromatic heterocycles. The highest BCUT2D eigenvalue weighted by Crippen LogP contribution is 2.55. The number of nitrogens with one attached hydrogen (secondary N) is 1. The van der Waals surface area contributed by atoms with Gasteiger partial charge in [0.1, 0.15) is 17.2 Å². The van der Waals surface area contributed by atoms with Crippen LogP contribution in [0, 0.1) is 25.7 Å². The lowest BCUT2D eigenvalue weighted by atomic mass is 9.90. The van der Waals surface area contributed by atoms with Crippen LogP contribution in [-0.4, -0.2) is 26.5 Å². The molecule has 2 aromatic rings. The molecule has 1 N–H and O–H groups in total. The highest BCUT2D eigenvalue weighted by Gasteiger charge is 2.64. The number of anilines is 1. The molecule has 6 nitrogen and oxygen atoms in total. The van der Waals surface area contributed by atoms with E-state index < -0.39 is 23.3 Å². The molecule has 1 unspecified atom stereocenters. The van der Waals surface area contributed by atoms with Crippen LogP contribution < -0.4 is 10.1 Å². The van der Waals surface area contributed by atoms with Crippen molar-refractivity contribution in [3.63, 3.8) is 0 Å². The SMILES string of the molecule is Cc1ncc(O[C@@]2(C3C=CC=CC3)C[C@H]2C(=O)Nc2ccc(C(F)(F)F)cn2)c(C)n1. The number of halogens is 3. The maximum Gasteiger partial charge on any atom is 0.417 e. The Hall–Kier alpha value is -3.23. The summed E-state index contributed by atoms with van der Waals surface area (Å²) in [6, 6.07) is 2.04. The van der Waals surface area contributed by atoms with Crippen molar-refractivity contribution in [3.8, 4) is 5.75 Å². The Balaban J connectivity index is 1.53. The third kappa shape index (κ3) is 4.30. The molecule has 2 aliphatic carbocycles. The fourth-order valence-electron chi connectivity index (χ4n) is 3.84. The van der Waals surface area contributed by atoms with Gasteiger partial charge < -0.3 is 10.1 Å². The van der Waals surface area contributed by atoms with Crippen LogP contribution in [-0.2, 0) is 11.0 Å². The molecule has 2 heterocycles. The van der Waals surface area contributed by atoms with Crippen LogP contribution in [0.15, 0.2) is 48.8 Å². The molecule has 0 aromatic carbocycles. The van der Waals surface area contributed by atoms with Gasteiger partial charge in [-0.2, -0.15) is 13.2 Å². The summed E-state index contributed by atoms with van der Waals surface area (Å²) < 4.78 is 44.5. The molecule has 0 aliphatic heterocycles. The van der Waals surface area contributed by atoms with Crippen molar-refractivity contribution >= 4 is 11.7 Å². The summed E-state index contributed by atoms with van der Waals surface area (Å²) in [6.07, 6.45) is 6.88. The molecule has 3 atom stereocenters. The highest BCUT2D eigenvalue weighted by molar-refractivity contribution is 5.95. The number of hydrogen-bond acceptors (Lipinski definition) is 5. The summed E-state index contributed by atoms with van der Waals surface area (Å²) in [7, 11) is 0. The van der Waals surface area contributed by atoms with E-state index in [9.17, 15) is 18.0 Å². The number of amides is 1. The Kier molecular flexibility index (Phi) is 5.28. The fraction of sp³-hybridized carbons (Fsp3) is 0.364. The van der Waals surface area contributed by atoms with Gasteiger partial charge in [-0.05, 0) is 32.4 Å². The number of nitrogens with zero attached hydrogens (tertiary/aromatic N) is 3. The second-order valence-electron chi connectivity index (χ2n) is 7.75. The number of ether oxygens (including phenoxy) is 1. The monoisotopic (exact) mass is 430 g/mol. The number of carbonyl (C=O) groups is 1. The zero-order valence-corrected chi connectivity index (χ0v) is 17.0. The van der Waals surface area contributed by atoms with Gasteiger partial charge in [0, 0.05) is 18.5 Å². The summed E-state index contributed by atoms with van der Waals surface area (Å²) in [5.74, 6) is 0.330. The molecule has 0 spiro atoms. The lowest BCUT2D eigenvalue weighted by molar-refractivity contribution is -0.137. The predicted molar refractivity (Wildman–Crippen MR) is 107 cm³/mol. The number of aryl methyl sites for hydroxylation is 2. The number of alkyl halides is 3. The minimum atomic E-state index is -4.48. The first-order valence-electron chi connectivity index (χ1n) is 9.86. The van der Waals surface area contributed by atoms with Gasteiger partial charge in [-0.15, -0.1) is 0 Å². The molecule has 9 heteroatoms. The van der Waals surface area contributed by atoms with Crippen molar-refractivity contribution < 1.29 is 22.7 Å². The Morgan fingerprint density at radius 3 is 2.61 bits per heavy atom. The van der Waals surface area contributed by atoms with E-state index in [0.717, 1.165) is 12.1 Å². The minimum absolute atomic E-state index is 0.0329. The van der Waals surface area contributed by atoms with E-state index >= 15 is 0 Å². The number of allylic oxidation sites excluding steroid dienone is 3. The van der Waals surface area contributed by atoms with Crippen molar-refractivity contribution in [3.05, 3.63) is 65.9 Å². The molecule has 1 fully saturated rings. The van der Waals surface area contributed by atoms with Gasteiger partial charge in [-0.25, -0.2) is 15.0 Å². The third-order valence-corrected chi connectivity index (χ3v) is 5.57. The van der Waals surface area contributed by atoms with Gasteiger partial charge in [-0.3, -0.25) is 4.79 Å². The van der Waals surface area contributed by atoms with Crippen LogP contribution in [0.5, 0.6) is 5.75 Å². The smallest absolute Gasteiger partial charge is 0.417 e. The molecule has 1 saturated carbocycles. The van der Waals surface area contributed by atoms with Crippen molar-refractivity contribution in [2.45, 2.75) is 38.5 Å². The van der Waals surface area contributed by atoms with E-state index in [0.29, 0.717) is 36.3 Å². The lowest BCUT2D eigenvalue weighted by Gasteiger charge is -2.28. The standard InChI is InChI=1S/C22H21F3N4O2/c1-13-18(12-26-14(2)28-13)31-21(15-6-4-3-5-7-15)10-17(21)20(30)29-19-9-8-16(11-27-19)22(23,24)25/h3-6,8-9,11-12,15,17H,7,10H2,1-2H3,(H,27,29,30)/t15?,17-,21+/m0/s1. The third-order valence-electron chi connectivity index (χ3n) is 5.57. The van der Waals surface area contributed by atoms with E-state index in [-0.39, 0.29) is 17.6 Å². The van der Waals surface area contributed by atoms with Crippen LogP contribution in [0.2, 0.25) is 0 Å². The normalized spacial score (nSPS) is 24.7. The molecule has 0 radical (unpaired) electrons. The van der Waals surface area contributed by atoms with E-state index in [1.165, 1.54) is 0 Å². The Morgan fingerprint density at radius 1 is 1.19 bits per heavy atom. The van der Waals surface area contributed by atoms with Gasteiger partial charge >= 0.3 is 6.18 Å². The predicted octanol–water partition coefficient (Wildman–Crippen LogP) is 4.42. The van der Waals surface area contributed by atoms with Crippen LogP contribution in [0.3, 0.4) is 0 Å². The van der Waals surface area contributed by atoms with E-state index in [4.69, 9.17) is 4.74 Å². The van der Waals surface area contributed by atoms with Gasteiger partial charge in [-0.1, -0.05) is 24.3 Å². The molecule has 31 heavy (non-hydrogen) atoms. The maximum absolute atomic E-state index is 12.9. The summed E-state index contributed by atoms with van der Waals surface area (Å²) >= 11 is 0. The van der Waals surface area contributed by atoms with Crippen molar-refractivity contribution in [2.24, 2.45) is 11.8 Å². The quantitative estimate of drug-likeness (QED) is 0.760. The Labute approximate surface area is 177 Å². The highest BCUT2D eigenvalue weighted by atomic mass is 19.4. The van der Waals surface area contributed by atoms with Crippen LogP contribution in [0.4, 0.5) is 19.0 Å². The molecule has 0 saturated heterocycles. The van der Waals surface area contributed by atoms with E-state index in [1.54, 1.807) is 13.1 Å². The number of carbonyl (C=O) groups excluding carboxylic acids is 1. The van der Waals surface area contributed by atoms with Gasteiger partial charge in [0.15, 0.2) is 5.75 Å². The maximum atomic E-state index is 12.9. The van der Waals surface area contributed by atoms with Crippen molar-refractivity contribution in [1.29, 1.82) is 0 Å². The lowest BCUT2D eigenvalue weighted by Crippen LogP contribution is -2.35. The van der Waals surface area contributed by atoms with Crippen molar-refractivity contribution in [1.82, 2.24) is 15.0 Å². The average Bonchev–Trinajstić information content (AvgIpc) is 3.46. The topological polar surface area (TPSA) is 77.0 Å². The second kappa shape index (κ2) is 7.79.